The van der Waals surface area contributed by atoms with Gasteiger partial charge in [-0.1, -0.05) is 60.9 Å². The van der Waals surface area contributed by atoms with E-state index in [1.54, 1.807) is 27.6 Å². The Hall–Kier alpha value is -2.29. The number of anilines is 1. The van der Waals surface area contributed by atoms with Crippen molar-refractivity contribution >= 4 is 46.8 Å². The monoisotopic (exact) mass is 558 g/mol. The molecule has 9 heteroatoms. The second-order valence-electron chi connectivity index (χ2n) is 10.7. The lowest BCUT2D eigenvalue weighted by molar-refractivity contribution is -0.154. The Balaban J connectivity index is 1.58. The molecule has 1 aromatic rings. The van der Waals surface area contributed by atoms with Gasteiger partial charge < -0.3 is 19.6 Å². The summed E-state index contributed by atoms with van der Waals surface area (Å²) in [6, 6.07) is 6.47. The molecule has 0 radical (unpaired) electrons. The molecule has 204 valence electrons. The Morgan fingerprint density at radius 1 is 1.05 bits per heavy atom. The van der Waals surface area contributed by atoms with Crippen molar-refractivity contribution in [3.63, 3.8) is 0 Å². The largest absolute Gasteiger partial charge is 0.465 e. The second-order valence-corrected chi connectivity index (χ2v) is 12.9. The predicted octanol–water partition coefficient (Wildman–Crippen LogP) is 4.38. The highest BCUT2D eigenvalue weighted by Gasteiger charge is 2.73. The number of ether oxygens (including phenoxy) is 1. The van der Waals surface area contributed by atoms with Crippen molar-refractivity contribution in [2.75, 3.05) is 31.2 Å². The van der Waals surface area contributed by atoms with Gasteiger partial charge in [0.05, 0.1) is 33.9 Å². The van der Waals surface area contributed by atoms with Crippen LogP contribution in [0.15, 0.2) is 48.6 Å². The van der Waals surface area contributed by atoms with Crippen LogP contribution in [0.4, 0.5) is 5.69 Å². The molecule has 1 aromatic carbocycles. The number of fused-ring (bicyclic) bond motifs is 2. The number of nitrogens with zero attached hydrogens (tertiary/aromatic N) is 2. The molecule has 7 nitrogen and oxygen atoms in total. The van der Waals surface area contributed by atoms with Crippen LogP contribution >= 0.6 is 23.4 Å². The van der Waals surface area contributed by atoms with E-state index in [1.165, 1.54) is 0 Å². The number of cyclic esters (lactones) is 1. The summed E-state index contributed by atoms with van der Waals surface area (Å²) < 4.78 is 4.09. The minimum atomic E-state index is -0.906. The quantitative estimate of drug-likeness (QED) is 0.304. The van der Waals surface area contributed by atoms with Gasteiger partial charge in [0.15, 0.2) is 0 Å². The summed E-state index contributed by atoms with van der Waals surface area (Å²) >= 11 is 8.08. The zero-order chi connectivity index (χ0) is 26.9. The molecule has 2 saturated heterocycles. The third kappa shape index (κ3) is 4.58. The highest BCUT2D eigenvalue weighted by atomic mass is 35.5. The summed E-state index contributed by atoms with van der Waals surface area (Å²) in [5.74, 6) is -2.11. The molecular formula is C29H35ClN2O5S. The molecule has 1 N–H and O–H groups in total. The smallest absolute Gasteiger partial charge is 0.311 e. The fraction of sp³-hybridized carbons (Fsp3) is 0.552. The number of aliphatic hydroxyl groups excluding tert-OH is 1. The van der Waals surface area contributed by atoms with Crippen molar-refractivity contribution in [2.45, 2.75) is 61.0 Å². The van der Waals surface area contributed by atoms with Gasteiger partial charge >= 0.3 is 5.97 Å². The number of hydrogen-bond donors (Lipinski definition) is 1. The number of amides is 2. The molecule has 2 fully saturated rings. The number of carbonyl (C=O) groups excluding carboxylic acids is 3. The van der Waals surface area contributed by atoms with Crippen LogP contribution in [0.25, 0.3) is 0 Å². The van der Waals surface area contributed by atoms with Crippen molar-refractivity contribution in [1.29, 1.82) is 0 Å². The first kappa shape index (κ1) is 27.3. The maximum atomic E-state index is 14.4. The van der Waals surface area contributed by atoms with E-state index in [4.69, 9.17) is 21.4 Å². The lowest BCUT2D eigenvalue weighted by Crippen LogP contribution is -2.53. The average molecular weight is 559 g/mol. The van der Waals surface area contributed by atoms with Gasteiger partial charge in [-0.25, -0.2) is 0 Å². The van der Waals surface area contributed by atoms with Crippen molar-refractivity contribution < 1.29 is 24.2 Å². The number of halogens is 1. The van der Waals surface area contributed by atoms with Crippen molar-refractivity contribution in [2.24, 2.45) is 11.8 Å². The second kappa shape index (κ2) is 11.1. The van der Waals surface area contributed by atoms with E-state index < -0.39 is 27.4 Å². The Kier molecular flexibility index (Phi) is 7.94. The number of aliphatic hydroxyl groups is 1. The van der Waals surface area contributed by atoms with E-state index in [0.717, 1.165) is 25.7 Å². The first-order chi connectivity index (χ1) is 18.3. The van der Waals surface area contributed by atoms with E-state index >= 15 is 0 Å². The summed E-state index contributed by atoms with van der Waals surface area (Å²) in [5, 5.41) is 9.61. The van der Waals surface area contributed by atoms with Gasteiger partial charge in [-0.15, -0.1) is 11.8 Å². The number of likely N-dealkylation sites (tertiary alicyclic amines) is 1. The molecule has 5 rings (SSSR count). The van der Waals surface area contributed by atoms with Crippen molar-refractivity contribution in [3.8, 4) is 0 Å². The molecule has 1 unspecified atom stereocenters. The highest BCUT2D eigenvalue weighted by molar-refractivity contribution is 8.02. The first-order valence-corrected chi connectivity index (χ1v) is 14.7. The number of hydrogen-bond acceptors (Lipinski definition) is 6. The number of benzene rings is 1. The van der Waals surface area contributed by atoms with Crippen LogP contribution in [-0.4, -0.2) is 69.6 Å². The molecule has 4 heterocycles. The molecule has 4 aliphatic rings. The first-order valence-electron chi connectivity index (χ1n) is 13.5. The van der Waals surface area contributed by atoms with Gasteiger partial charge in [0.25, 0.3) is 5.91 Å². The Morgan fingerprint density at radius 3 is 2.63 bits per heavy atom. The number of thioether (sulfide) groups is 1. The third-order valence-corrected chi connectivity index (χ3v) is 10.3. The lowest BCUT2D eigenvalue weighted by atomic mass is 9.74. The summed E-state index contributed by atoms with van der Waals surface area (Å²) in [6.45, 7) is 3.20. The van der Waals surface area contributed by atoms with E-state index in [-0.39, 0.29) is 24.4 Å². The average Bonchev–Trinajstić information content (AvgIpc) is 3.24. The highest BCUT2D eigenvalue weighted by Crippen LogP contribution is 2.65. The van der Waals surface area contributed by atoms with Crippen molar-refractivity contribution in [1.82, 2.24) is 4.90 Å². The normalized spacial score (nSPS) is 33.6. The van der Waals surface area contributed by atoms with Crippen LogP contribution in [-0.2, 0) is 19.1 Å². The Labute approximate surface area is 233 Å². The third-order valence-electron chi connectivity index (χ3n) is 8.20. The number of rotatable bonds is 7. The summed E-state index contributed by atoms with van der Waals surface area (Å²) in [4.78, 5) is 45.6. The SMILES string of the molecule is C[C@]12/C=C\CCCOC(=O)[C@H]1[C@H]1C(=O)N(CCCCCCO)C3C(=O)N(c4ccccc4Cl)CC=C[C@@]31S2. The van der Waals surface area contributed by atoms with E-state index in [2.05, 4.69) is 12.2 Å². The van der Waals surface area contributed by atoms with Crippen LogP contribution in [0.5, 0.6) is 0 Å². The Bertz CT molecular complexity index is 1160. The maximum absolute atomic E-state index is 14.4. The molecule has 4 aliphatic heterocycles. The van der Waals surface area contributed by atoms with Crippen LogP contribution in [0.2, 0.25) is 5.02 Å². The molecule has 0 aliphatic carbocycles. The van der Waals surface area contributed by atoms with Crippen LogP contribution in [0.1, 0.15) is 45.4 Å². The predicted molar refractivity (Wildman–Crippen MR) is 149 cm³/mol. The maximum Gasteiger partial charge on any atom is 0.311 e. The van der Waals surface area contributed by atoms with Gasteiger partial charge in [-0.05, 0) is 44.7 Å². The number of para-hydroxylation sites is 1. The fourth-order valence-electron chi connectivity index (χ4n) is 6.51. The molecule has 5 atom stereocenters. The number of esters is 1. The van der Waals surface area contributed by atoms with Crippen LogP contribution in [0.3, 0.4) is 0 Å². The molecule has 38 heavy (non-hydrogen) atoms. The number of unbranched alkanes of at least 4 members (excludes halogenated alkanes) is 3. The van der Waals surface area contributed by atoms with Gasteiger partial charge in [0.2, 0.25) is 5.91 Å². The topological polar surface area (TPSA) is 87.1 Å². The molecule has 0 bridgehead atoms. The summed E-state index contributed by atoms with van der Waals surface area (Å²) in [5.41, 5.74) is 0.607. The molecule has 0 saturated carbocycles. The van der Waals surface area contributed by atoms with Crippen LogP contribution < -0.4 is 4.90 Å². The van der Waals surface area contributed by atoms with Crippen molar-refractivity contribution in [3.05, 3.63) is 53.6 Å². The van der Waals surface area contributed by atoms with E-state index in [0.29, 0.717) is 43.2 Å². The van der Waals surface area contributed by atoms with Gasteiger partial charge in [0, 0.05) is 24.4 Å². The molecular weight excluding hydrogens is 524 g/mol. The minimum absolute atomic E-state index is 0.138. The van der Waals surface area contributed by atoms with Gasteiger partial charge in [-0.2, -0.15) is 0 Å². The molecule has 2 amide bonds. The minimum Gasteiger partial charge on any atom is -0.465 e. The van der Waals surface area contributed by atoms with Crippen LogP contribution in [0, 0.1) is 11.8 Å². The Morgan fingerprint density at radius 2 is 1.84 bits per heavy atom. The summed E-state index contributed by atoms with van der Waals surface area (Å²) in [6.07, 6.45) is 12.7. The lowest BCUT2D eigenvalue weighted by Gasteiger charge is -2.37. The molecule has 1 spiro atoms. The van der Waals surface area contributed by atoms with Gasteiger partial charge in [-0.3, -0.25) is 14.4 Å². The zero-order valence-electron chi connectivity index (χ0n) is 21.7. The number of allylic oxidation sites excluding steroid dienone is 1. The fourth-order valence-corrected chi connectivity index (χ4v) is 8.90. The van der Waals surface area contributed by atoms with E-state index in [9.17, 15) is 14.4 Å². The zero-order valence-corrected chi connectivity index (χ0v) is 23.3. The summed E-state index contributed by atoms with van der Waals surface area (Å²) in [7, 11) is 0. The standard InChI is InChI=1S/C29H35ClN2O5S/c1-28-14-7-4-10-19-37-27(36)23(28)22-25(34)32(16-8-2-3-9-18-33)24-26(35)31(17-11-15-29(22,24)38-28)21-13-6-5-12-20(21)30/h5-7,11-15,22-24,33H,2-4,8-10,16-19H2,1H3/b14-7-/t22-,23+,24?,28-,29-/m0/s1. The molecule has 0 aromatic heterocycles. The van der Waals surface area contributed by atoms with E-state index in [1.807, 2.05) is 37.3 Å². The number of carbonyl (C=O) groups is 3. The van der Waals surface area contributed by atoms with Gasteiger partial charge in [0.1, 0.15) is 6.04 Å².